The van der Waals surface area contributed by atoms with Gasteiger partial charge in [0.15, 0.2) is 11.6 Å². The molecule has 0 radical (unpaired) electrons. The summed E-state index contributed by atoms with van der Waals surface area (Å²) >= 11 is 0. The zero-order chi connectivity index (χ0) is 27.2. The first-order valence-electron chi connectivity index (χ1n) is 11.4. The largest absolute Gasteiger partial charge is 0.573 e. The second-order valence-corrected chi connectivity index (χ2v) is 8.16. The van der Waals surface area contributed by atoms with E-state index in [0.717, 1.165) is 37.7 Å². The molecule has 1 N–H and O–H groups in total. The van der Waals surface area contributed by atoms with Crippen LogP contribution in [0.2, 0.25) is 0 Å². The van der Waals surface area contributed by atoms with Gasteiger partial charge in [-0.15, -0.1) is 13.2 Å². The van der Waals surface area contributed by atoms with Gasteiger partial charge in [-0.2, -0.15) is 4.39 Å². The number of aliphatic imine (C=N–C) groups is 1. The molecule has 0 saturated carbocycles. The molecule has 1 aliphatic heterocycles. The van der Waals surface area contributed by atoms with E-state index in [9.17, 15) is 36.2 Å². The first-order chi connectivity index (χ1) is 17.5. The predicted octanol–water partition coefficient (Wildman–Crippen LogP) is 6.22. The van der Waals surface area contributed by atoms with Crippen molar-refractivity contribution in [2.45, 2.75) is 39.1 Å². The minimum absolute atomic E-state index is 0.0928. The molecule has 2 aromatic carbocycles. The van der Waals surface area contributed by atoms with E-state index < -0.39 is 52.4 Å². The number of piperidine rings is 1. The van der Waals surface area contributed by atoms with Gasteiger partial charge >= 0.3 is 12.3 Å². The molecule has 0 atom stereocenters. The lowest BCUT2D eigenvalue weighted by Gasteiger charge is -2.26. The van der Waals surface area contributed by atoms with Crippen LogP contribution in [0.15, 0.2) is 40.9 Å². The highest BCUT2D eigenvalue weighted by Crippen LogP contribution is 2.35. The number of nitrogens with zero attached hydrogens (tertiary/aromatic N) is 2. The number of hydrogen-bond donors (Lipinski definition) is 1. The Hall–Kier alpha value is -3.54. The molecular weight excluding hydrogens is 506 g/mol. The lowest BCUT2D eigenvalue weighted by molar-refractivity contribution is -0.276. The van der Waals surface area contributed by atoms with Crippen LogP contribution in [-0.2, 0) is 16.1 Å². The van der Waals surface area contributed by atoms with Crippen LogP contribution in [0.5, 0.6) is 5.75 Å². The van der Waals surface area contributed by atoms with E-state index in [1.807, 2.05) is 6.07 Å². The summed E-state index contributed by atoms with van der Waals surface area (Å²) in [5.41, 5.74) is -0.795. The maximum atomic E-state index is 14.7. The van der Waals surface area contributed by atoms with Gasteiger partial charge in [-0.3, -0.25) is 9.89 Å². The maximum Gasteiger partial charge on any atom is 0.573 e. The fourth-order valence-electron chi connectivity index (χ4n) is 3.77. The number of esters is 1. The maximum absolute atomic E-state index is 14.7. The van der Waals surface area contributed by atoms with Crippen LogP contribution >= 0.6 is 0 Å². The SMILES string of the molecule is CCOC(=O)C(C=Nc1cccc(CN2CCCCC2)c1)=C(O)c1cc(F)c(F)c(OC(F)(F)F)c1F. The van der Waals surface area contributed by atoms with E-state index in [1.165, 1.54) is 13.3 Å². The summed E-state index contributed by atoms with van der Waals surface area (Å²) in [6, 6.07) is 7.00. The summed E-state index contributed by atoms with van der Waals surface area (Å²) in [5.74, 6) is -11.0. The van der Waals surface area contributed by atoms with E-state index >= 15 is 0 Å². The summed E-state index contributed by atoms with van der Waals surface area (Å²) in [6.07, 6.45) is -1.38. The highest BCUT2D eigenvalue weighted by molar-refractivity contribution is 6.15. The molecule has 37 heavy (non-hydrogen) atoms. The number of halogens is 6. The predicted molar refractivity (Wildman–Crippen MR) is 123 cm³/mol. The number of aliphatic hydroxyl groups is 1. The first kappa shape index (κ1) is 28.0. The number of alkyl halides is 3. The fourth-order valence-corrected chi connectivity index (χ4v) is 3.77. The Balaban J connectivity index is 2.00. The van der Waals surface area contributed by atoms with E-state index in [1.54, 1.807) is 18.2 Å². The number of benzene rings is 2. The van der Waals surface area contributed by atoms with Gasteiger partial charge in [0.2, 0.25) is 11.6 Å². The third-order valence-corrected chi connectivity index (χ3v) is 5.45. The molecule has 0 amide bonds. The normalized spacial score (nSPS) is 15.5. The lowest BCUT2D eigenvalue weighted by Crippen LogP contribution is -2.28. The van der Waals surface area contributed by atoms with Gasteiger partial charge in [-0.25, -0.2) is 13.6 Å². The van der Waals surface area contributed by atoms with Crippen molar-refractivity contribution in [1.29, 1.82) is 0 Å². The Morgan fingerprint density at radius 1 is 1.11 bits per heavy atom. The zero-order valence-corrected chi connectivity index (χ0v) is 19.7. The average molecular weight is 530 g/mol. The van der Waals surface area contributed by atoms with E-state index in [0.29, 0.717) is 12.2 Å². The monoisotopic (exact) mass is 530 g/mol. The van der Waals surface area contributed by atoms with Crippen LogP contribution in [-0.4, -0.2) is 48.2 Å². The Morgan fingerprint density at radius 3 is 2.46 bits per heavy atom. The molecule has 1 fully saturated rings. The molecule has 0 unspecified atom stereocenters. The topological polar surface area (TPSA) is 71.4 Å². The van der Waals surface area contributed by atoms with Crippen LogP contribution in [0.1, 0.15) is 37.3 Å². The van der Waals surface area contributed by atoms with Crippen LogP contribution < -0.4 is 4.74 Å². The van der Waals surface area contributed by atoms with E-state index in [4.69, 9.17) is 4.74 Å². The Kier molecular flexibility index (Phi) is 9.19. The van der Waals surface area contributed by atoms with Crippen LogP contribution in [0, 0.1) is 17.5 Å². The quantitative estimate of drug-likeness (QED) is 0.110. The van der Waals surface area contributed by atoms with Gasteiger partial charge in [0.1, 0.15) is 11.3 Å². The Morgan fingerprint density at radius 2 is 1.81 bits per heavy atom. The average Bonchev–Trinajstić information content (AvgIpc) is 2.84. The highest BCUT2D eigenvalue weighted by Gasteiger charge is 2.36. The molecular formula is C25H24F6N2O4. The van der Waals surface area contributed by atoms with Crippen molar-refractivity contribution >= 4 is 23.6 Å². The second-order valence-electron chi connectivity index (χ2n) is 8.16. The van der Waals surface area contributed by atoms with Gasteiger partial charge in [0.05, 0.1) is 17.9 Å². The summed E-state index contributed by atoms with van der Waals surface area (Å²) in [6.45, 7) is 3.82. The number of aliphatic hydroxyl groups excluding tert-OH is 1. The smallest absolute Gasteiger partial charge is 0.506 e. The summed E-state index contributed by atoms with van der Waals surface area (Å²) in [7, 11) is 0. The van der Waals surface area contributed by atoms with Gasteiger partial charge in [0, 0.05) is 12.8 Å². The van der Waals surface area contributed by atoms with Crippen molar-refractivity contribution in [2.24, 2.45) is 4.99 Å². The third-order valence-electron chi connectivity index (χ3n) is 5.45. The van der Waals surface area contributed by atoms with Gasteiger partial charge in [-0.1, -0.05) is 18.6 Å². The number of hydrogen-bond acceptors (Lipinski definition) is 6. The Bertz CT molecular complexity index is 1190. The van der Waals surface area contributed by atoms with Crippen LogP contribution in [0.4, 0.5) is 32.0 Å². The molecule has 3 rings (SSSR count). The number of carbonyl (C=O) groups is 1. The van der Waals surface area contributed by atoms with Gasteiger partial charge in [0.25, 0.3) is 0 Å². The van der Waals surface area contributed by atoms with Gasteiger partial charge < -0.3 is 14.6 Å². The second kappa shape index (κ2) is 12.1. The van der Waals surface area contributed by atoms with E-state index in [2.05, 4.69) is 14.6 Å². The van der Waals surface area contributed by atoms with Crippen LogP contribution in [0.25, 0.3) is 5.76 Å². The molecule has 0 aromatic heterocycles. The standard InChI is InChI=1S/C25H24F6N2O4/c1-2-36-24(35)18(13-32-16-8-6-7-15(11-16)14-33-9-4-3-5-10-33)22(34)17-12-19(26)21(28)23(20(17)27)37-25(29,30)31/h6-8,11-13,34H,2-5,9-10,14H2,1H3. The third kappa shape index (κ3) is 7.48. The van der Waals surface area contributed by atoms with Gasteiger partial charge in [-0.05, 0) is 56.6 Å². The molecule has 6 nitrogen and oxygen atoms in total. The van der Waals surface area contributed by atoms with Crippen molar-refractivity contribution in [3.8, 4) is 5.75 Å². The molecule has 0 aliphatic carbocycles. The molecule has 1 saturated heterocycles. The number of carbonyl (C=O) groups excluding carboxylic acids is 1. The summed E-state index contributed by atoms with van der Waals surface area (Å²) in [4.78, 5) is 18.8. The van der Waals surface area contributed by atoms with Crippen LogP contribution in [0.3, 0.4) is 0 Å². The number of rotatable bonds is 8. The molecule has 1 aliphatic rings. The zero-order valence-electron chi connectivity index (χ0n) is 19.7. The molecule has 1 heterocycles. The number of ether oxygens (including phenoxy) is 2. The molecule has 0 spiro atoms. The molecule has 2 aromatic rings. The first-order valence-corrected chi connectivity index (χ1v) is 11.4. The summed E-state index contributed by atoms with van der Waals surface area (Å²) in [5, 5.41) is 10.6. The van der Waals surface area contributed by atoms with Crippen molar-refractivity contribution in [1.82, 2.24) is 4.90 Å². The fraction of sp³-hybridized carbons (Fsp3) is 0.360. The summed E-state index contributed by atoms with van der Waals surface area (Å²) < 4.78 is 88.4. The number of likely N-dealkylation sites (tertiary alicyclic amines) is 1. The molecule has 12 heteroatoms. The van der Waals surface area contributed by atoms with Crippen molar-refractivity contribution < 1.29 is 45.7 Å². The lowest BCUT2D eigenvalue weighted by atomic mass is 10.1. The van der Waals surface area contributed by atoms with Crippen molar-refractivity contribution in [3.05, 3.63) is 64.5 Å². The highest BCUT2D eigenvalue weighted by atomic mass is 19.4. The minimum Gasteiger partial charge on any atom is -0.506 e. The molecule has 200 valence electrons. The Labute approximate surface area is 208 Å². The minimum atomic E-state index is -5.56. The van der Waals surface area contributed by atoms with Crippen molar-refractivity contribution in [3.63, 3.8) is 0 Å². The van der Waals surface area contributed by atoms with E-state index in [-0.39, 0.29) is 12.7 Å². The molecule has 0 bridgehead atoms. The van der Waals surface area contributed by atoms with Crippen molar-refractivity contribution in [2.75, 3.05) is 19.7 Å².